The van der Waals surface area contributed by atoms with E-state index in [2.05, 4.69) is 22.7 Å². The fourth-order valence-corrected chi connectivity index (χ4v) is 0.941. The van der Waals surface area contributed by atoms with Crippen molar-refractivity contribution in [3.8, 4) is 0 Å². The number of halogens is 1. The summed E-state index contributed by atoms with van der Waals surface area (Å²) in [4.78, 5) is 22.5. The third-order valence-corrected chi connectivity index (χ3v) is 1.70. The van der Waals surface area contributed by atoms with Crippen molar-refractivity contribution in [2.75, 3.05) is 5.32 Å². The standard InChI is InChI=1S/C11H12FN3O2/c1-7(2)14-15-11(17)10(16)13-9-5-3-8(12)4-6-9/h3-6,14H,1H2,2H3,(H,13,16)(H,15,17). The Morgan fingerprint density at radius 3 is 2.24 bits per heavy atom. The lowest BCUT2D eigenvalue weighted by atomic mass is 10.3. The molecule has 1 aromatic rings. The molecule has 0 aliphatic rings. The van der Waals surface area contributed by atoms with Crippen LogP contribution in [0.1, 0.15) is 6.92 Å². The molecule has 2 amide bonds. The highest BCUT2D eigenvalue weighted by atomic mass is 19.1. The highest BCUT2D eigenvalue weighted by Gasteiger charge is 2.12. The zero-order valence-electron chi connectivity index (χ0n) is 9.21. The molecular formula is C11H12FN3O2. The first-order valence-corrected chi connectivity index (χ1v) is 4.77. The van der Waals surface area contributed by atoms with Crippen molar-refractivity contribution in [2.24, 2.45) is 0 Å². The van der Waals surface area contributed by atoms with Gasteiger partial charge in [-0.2, -0.15) is 0 Å². The summed E-state index contributed by atoms with van der Waals surface area (Å²) in [6.07, 6.45) is 0. The molecule has 0 spiro atoms. The van der Waals surface area contributed by atoms with Crippen molar-refractivity contribution in [1.82, 2.24) is 10.9 Å². The van der Waals surface area contributed by atoms with Crippen LogP contribution in [0.3, 0.4) is 0 Å². The molecule has 0 aliphatic heterocycles. The molecule has 1 rings (SSSR count). The topological polar surface area (TPSA) is 70.2 Å². The maximum Gasteiger partial charge on any atom is 0.327 e. The smallest absolute Gasteiger partial charge is 0.318 e. The molecule has 5 nitrogen and oxygen atoms in total. The van der Waals surface area contributed by atoms with Crippen LogP contribution >= 0.6 is 0 Å². The number of anilines is 1. The van der Waals surface area contributed by atoms with Gasteiger partial charge in [0.15, 0.2) is 0 Å². The maximum atomic E-state index is 12.6. The molecule has 0 fully saturated rings. The Bertz CT molecular complexity index is 443. The first kappa shape index (κ1) is 12.7. The van der Waals surface area contributed by atoms with Crippen LogP contribution in [0.5, 0.6) is 0 Å². The van der Waals surface area contributed by atoms with Gasteiger partial charge < -0.3 is 10.7 Å². The van der Waals surface area contributed by atoms with E-state index in [1.54, 1.807) is 6.92 Å². The molecule has 0 atom stereocenters. The van der Waals surface area contributed by atoms with Crippen molar-refractivity contribution in [3.05, 3.63) is 42.4 Å². The number of amides is 2. The van der Waals surface area contributed by atoms with E-state index < -0.39 is 17.6 Å². The second kappa shape index (κ2) is 5.64. The van der Waals surface area contributed by atoms with Crippen molar-refractivity contribution < 1.29 is 14.0 Å². The number of carbonyl (C=O) groups is 2. The van der Waals surface area contributed by atoms with E-state index >= 15 is 0 Å². The third kappa shape index (κ3) is 4.33. The van der Waals surface area contributed by atoms with E-state index in [1.807, 2.05) is 0 Å². The van der Waals surface area contributed by atoms with Gasteiger partial charge in [0.1, 0.15) is 5.82 Å². The molecular weight excluding hydrogens is 225 g/mol. The van der Waals surface area contributed by atoms with Crippen molar-refractivity contribution in [1.29, 1.82) is 0 Å². The number of rotatable bonds is 3. The number of hydrogen-bond donors (Lipinski definition) is 3. The fourth-order valence-electron chi connectivity index (χ4n) is 0.941. The van der Waals surface area contributed by atoms with E-state index in [9.17, 15) is 14.0 Å². The van der Waals surface area contributed by atoms with Gasteiger partial charge in [0.25, 0.3) is 0 Å². The molecule has 0 saturated carbocycles. The van der Waals surface area contributed by atoms with Gasteiger partial charge in [-0.15, -0.1) is 0 Å². The Kier molecular flexibility index (Phi) is 4.21. The zero-order chi connectivity index (χ0) is 12.8. The number of nitrogens with one attached hydrogen (secondary N) is 3. The molecule has 0 unspecified atom stereocenters. The van der Waals surface area contributed by atoms with Crippen molar-refractivity contribution in [3.63, 3.8) is 0 Å². The SMILES string of the molecule is C=C(C)NNC(=O)C(=O)Nc1ccc(F)cc1. The van der Waals surface area contributed by atoms with Crippen LogP contribution < -0.4 is 16.2 Å². The van der Waals surface area contributed by atoms with E-state index in [4.69, 9.17) is 0 Å². The molecule has 0 heterocycles. The first-order chi connectivity index (χ1) is 7.99. The van der Waals surface area contributed by atoms with Gasteiger partial charge in [0, 0.05) is 11.4 Å². The summed E-state index contributed by atoms with van der Waals surface area (Å²) < 4.78 is 12.6. The predicted molar refractivity (Wildman–Crippen MR) is 61.1 cm³/mol. The molecule has 0 aliphatic carbocycles. The second-order valence-electron chi connectivity index (χ2n) is 3.32. The molecule has 0 aromatic heterocycles. The van der Waals surface area contributed by atoms with E-state index in [1.165, 1.54) is 24.3 Å². The summed E-state index contributed by atoms with van der Waals surface area (Å²) in [7, 11) is 0. The van der Waals surface area contributed by atoms with Crippen LogP contribution in [0.4, 0.5) is 10.1 Å². The highest BCUT2D eigenvalue weighted by molar-refractivity contribution is 6.39. The number of hydrazine groups is 1. The molecule has 90 valence electrons. The van der Waals surface area contributed by atoms with Crippen LogP contribution in [0.15, 0.2) is 36.5 Å². The quantitative estimate of drug-likeness (QED) is 0.540. The van der Waals surface area contributed by atoms with Crippen molar-refractivity contribution in [2.45, 2.75) is 6.92 Å². The monoisotopic (exact) mass is 237 g/mol. The van der Waals surface area contributed by atoms with Gasteiger partial charge in [-0.05, 0) is 31.2 Å². The van der Waals surface area contributed by atoms with Gasteiger partial charge in [-0.1, -0.05) is 6.58 Å². The van der Waals surface area contributed by atoms with Gasteiger partial charge >= 0.3 is 11.8 Å². The minimum atomic E-state index is -0.864. The predicted octanol–water partition coefficient (Wildman–Crippen LogP) is 0.919. The Morgan fingerprint density at radius 1 is 1.12 bits per heavy atom. The van der Waals surface area contributed by atoms with Crippen LogP contribution in [0, 0.1) is 5.82 Å². The molecule has 0 radical (unpaired) electrons. The Labute approximate surface area is 97.7 Å². The molecule has 0 saturated heterocycles. The summed E-state index contributed by atoms with van der Waals surface area (Å²) in [6.45, 7) is 5.10. The summed E-state index contributed by atoms with van der Waals surface area (Å²) in [6, 6.07) is 5.07. The summed E-state index contributed by atoms with van der Waals surface area (Å²) in [5.41, 5.74) is 5.37. The average Bonchev–Trinajstić information content (AvgIpc) is 2.28. The third-order valence-electron chi connectivity index (χ3n) is 1.70. The van der Waals surface area contributed by atoms with E-state index in [0.29, 0.717) is 11.4 Å². The minimum Gasteiger partial charge on any atom is -0.318 e. The number of allylic oxidation sites excluding steroid dienone is 1. The number of carbonyl (C=O) groups excluding carboxylic acids is 2. The van der Waals surface area contributed by atoms with Gasteiger partial charge in [-0.25, -0.2) is 4.39 Å². The average molecular weight is 237 g/mol. The summed E-state index contributed by atoms with van der Waals surface area (Å²) >= 11 is 0. The normalized spacial score (nSPS) is 9.29. The Morgan fingerprint density at radius 2 is 1.71 bits per heavy atom. The van der Waals surface area contributed by atoms with Crippen LogP contribution in [-0.4, -0.2) is 11.8 Å². The first-order valence-electron chi connectivity index (χ1n) is 4.77. The largest absolute Gasteiger partial charge is 0.327 e. The Hall–Kier alpha value is -2.37. The number of benzene rings is 1. The molecule has 6 heteroatoms. The van der Waals surface area contributed by atoms with E-state index in [0.717, 1.165) is 0 Å². The van der Waals surface area contributed by atoms with Crippen LogP contribution in [0.25, 0.3) is 0 Å². The maximum absolute atomic E-state index is 12.6. The number of hydrogen-bond acceptors (Lipinski definition) is 3. The van der Waals surface area contributed by atoms with Gasteiger partial charge in [-0.3, -0.25) is 15.0 Å². The molecule has 3 N–H and O–H groups in total. The highest BCUT2D eigenvalue weighted by Crippen LogP contribution is 2.07. The van der Waals surface area contributed by atoms with Crippen LogP contribution in [-0.2, 0) is 9.59 Å². The zero-order valence-corrected chi connectivity index (χ0v) is 9.21. The Balaban J connectivity index is 2.51. The molecule has 1 aromatic carbocycles. The molecule has 17 heavy (non-hydrogen) atoms. The lowest BCUT2D eigenvalue weighted by molar-refractivity contribution is -0.136. The minimum absolute atomic E-state index is 0.335. The van der Waals surface area contributed by atoms with Gasteiger partial charge in [0.2, 0.25) is 0 Å². The summed E-state index contributed by atoms with van der Waals surface area (Å²) in [5, 5.41) is 2.31. The fraction of sp³-hybridized carbons (Fsp3) is 0.0909. The second-order valence-corrected chi connectivity index (χ2v) is 3.32. The lowest BCUT2D eigenvalue weighted by Gasteiger charge is -2.07. The van der Waals surface area contributed by atoms with E-state index in [-0.39, 0.29) is 0 Å². The van der Waals surface area contributed by atoms with Crippen LogP contribution in [0.2, 0.25) is 0 Å². The van der Waals surface area contributed by atoms with Crippen molar-refractivity contribution >= 4 is 17.5 Å². The lowest BCUT2D eigenvalue weighted by Crippen LogP contribution is -2.42. The summed E-state index contributed by atoms with van der Waals surface area (Å²) in [5.74, 6) is -2.14. The van der Waals surface area contributed by atoms with Gasteiger partial charge in [0.05, 0.1) is 0 Å². The molecule has 0 bridgehead atoms.